The van der Waals surface area contributed by atoms with Crippen molar-refractivity contribution in [1.82, 2.24) is 14.8 Å². The zero-order valence-corrected chi connectivity index (χ0v) is 18.9. The minimum Gasteiger partial charge on any atom is -0.486 e. The number of anilines is 1. The number of carbonyl (C=O) groups excluding carboxylic acids is 1. The summed E-state index contributed by atoms with van der Waals surface area (Å²) in [6.45, 7) is 4.66. The normalized spacial score (nSPS) is 10.9. The molecule has 0 saturated carbocycles. The highest BCUT2D eigenvalue weighted by molar-refractivity contribution is 6.42. The summed E-state index contributed by atoms with van der Waals surface area (Å²) in [4.78, 5) is 16.6. The Balaban J connectivity index is 1.34. The highest BCUT2D eigenvalue weighted by Gasteiger charge is 2.14. The van der Waals surface area contributed by atoms with Gasteiger partial charge < -0.3 is 9.15 Å². The van der Waals surface area contributed by atoms with Crippen LogP contribution in [0.25, 0.3) is 0 Å². The Morgan fingerprint density at radius 3 is 2.59 bits per heavy atom. The topological polar surface area (TPSA) is 82.2 Å². The molecule has 1 N–H and O–H groups in total. The molecule has 0 bridgehead atoms. The number of ether oxygens (including phenoxy) is 1. The number of halogens is 2. The third-order valence-corrected chi connectivity index (χ3v) is 5.29. The number of hydrogen-bond donors (Lipinski definition) is 1. The van der Waals surface area contributed by atoms with Crippen LogP contribution in [0.4, 0.5) is 5.95 Å². The van der Waals surface area contributed by atoms with Gasteiger partial charge >= 0.3 is 0 Å². The number of carbonyl (C=O) groups is 1. The summed E-state index contributed by atoms with van der Waals surface area (Å²) < 4.78 is 13.0. The Morgan fingerprint density at radius 2 is 1.84 bits per heavy atom. The van der Waals surface area contributed by atoms with Crippen molar-refractivity contribution in [2.75, 3.05) is 5.32 Å². The molecular formula is C23H20Cl2N4O3. The lowest BCUT2D eigenvalue weighted by atomic mass is 10.1. The number of amides is 1. The number of rotatable bonds is 7. The molecule has 9 heteroatoms. The van der Waals surface area contributed by atoms with Crippen molar-refractivity contribution in [3.05, 3.63) is 93.1 Å². The minimum atomic E-state index is -0.449. The number of furan rings is 1. The molecule has 0 unspecified atom stereocenters. The minimum absolute atomic E-state index is 0.143. The standard InChI is InChI=1S/C23H20Cl2N4O3/c1-14-7-15(2)9-18(8-14)31-12-17-4-6-21(32-17)22(30)27-23-26-13-29(28-23)11-16-3-5-19(24)20(25)10-16/h3-10,13H,11-12H2,1-2H3,(H,27,28,30). The molecule has 0 fully saturated rings. The predicted molar refractivity (Wildman–Crippen MR) is 122 cm³/mol. The Bertz CT molecular complexity index is 1250. The summed E-state index contributed by atoms with van der Waals surface area (Å²) in [6.07, 6.45) is 1.52. The number of benzene rings is 2. The predicted octanol–water partition coefficient (Wildman–Crippen LogP) is 5.67. The molecule has 0 radical (unpaired) electrons. The summed E-state index contributed by atoms with van der Waals surface area (Å²) in [6, 6.07) is 14.6. The van der Waals surface area contributed by atoms with Gasteiger partial charge in [0.25, 0.3) is 5.91 Å². The molecule has 0 saturated heterocycles. The Morgan fingerprint density at radius 1 is 1.06 bits per heavy atom. The van der Waals surface area contributed by atoms with Gasteiger partial charge in [-0.15, -0.1) is 5.10 Å². The Hall–Kier alpha value is -3.29. The van der Waals surface area contributed by atoms with E-state index in [2.05, 4.69) is 21.5 Å². The third kappa shape index (κ3) is 5.49. The average Bonchev–Trinajstić information content (AvgIpc) is 3.38. The Kier molecular flexibility index (Phi) is 6.48. The zero-order valence-electron chi connectivity index (χ0n) is 17.4. The first-order valence-corrected chi connectivity index (χ1v) is 10.6. The van der Waals surface area contributed by atoms with E-state index in [9.17, 15) is 4.79 Å². The maximum atomic E-state index is 12.5. The van der Waals surface area contributed by atoms with Gasteiger partial charge in [-0.05, 0) is 66.9 Å². The molecule has 4 rings (SSSR count). The molecule has 0 aliphatic carbocycles. The second kappa shape index (κ2) is 9.46. The second-order valence-corrected chi connectivity index (χ2v) is 8.16. The molecule has 2 aromatic carbocycles. The average molecular weight is 471 g/mol. The van der Waals surface area contributed by atoms with Crippen LogP contribution < -0.4 is 10.1 Å². The van der Waals surface area contributed by atoms with E-state index >= 15 is 0 Å². The molecule has 0 aliphatic heterocycles. The highest BCUT2D eigenvalue weighted by atomic mass is 35.5. The fourth-order valence-electron chi connectivity index (χ4n) is 3.16. The van der Waals surface area contributed by atoms with Crippen LogP contribution >= 0.6 is 23.2 Å². The number of aromatic nitrogens is 3. The van der Waals surface area contributed by atoms with Crippen molar-refractivity contribution < 1.29 is 13.9 Å². The van der Waals surface area contributed by atoms with Crippen LogP contribution in [0.5, 0.6) is 5.75 Å². The molecule has 164 valence electrons. The second-order valence-electron chi connectivity index (χ2n) is 7.35. The van der Waals surface area contributed by atoms with Crippen LogP contribution in [0, 0.1) is 13.8 Å². The molecule has 0 spiro atoms. The van der Waals surface area contributed by atoms with Gasteiger partial charge in [0.15, 0.2) is 5.76 Å². The first-order chi connectivity index (χ1) is 15.4. The van der Waals surface area contributed by atoms with E-state index in [4.69, 9.17) is 32.4 Å². The van der Waals surface area contributed by atoms with Crippen LogP contribution in [0.2, 0.25) is 10.0 Å². The van der Waals surface area contributed by atoms with E-state index in [1.165, 1.54) is 6.33 Å². The van der Waals surface area contributed by atoms with Crippen molar-refractivity contribution >= 4 is 35.1 Å². The third-order valence-electron chi connectivity index (χ3n) is 4.55. The summed E-state index contributed by atoms with van der Waals surface area (Å²) in [5.41, 5.74) is 3.14. The first kappa shape index (κ1) is 21.9. The number of nitrogens with one attached hydrogen (secondary N) is 1. The molecule has 0 atom stereocenters. The molecule has 0 aliphatic rings. The van der Waals surface area contributed by atoms with Crippen molar-refractivity contribution in [2.24, 2.45) is 0 Å². The van der Waals surface area contributed by atoms with E-state index in [0.29, 0.717) is 22.4 Å². The number of aryl methyl sites for hydroxylation is 2. The SMILES string of the molecule is Cc1cc(C)cc(OCc2ccc(C(=O)Nc3ncn(Cc4ccc(Cl)c(Cl)c4)n3)o2)c1. The van der Waals surface area contributed by atoms with Gasteiger partial charge in [-0.2, -0.15) is 0 Å². The van der Waals surface area contributed by atoms with Crippen molar-refractivity contribution in [1.29, 1.82) is 0 Å². The van der Waals surface area contributed by atoms with E-state index < -0.39 is 5.91 Å². The smallest absolute Gasteiger partial charge is 0.293 e. The van der Waals surface area contributed by atoms with Crippen molar-refractivity contribution in [3.63, 3.8) is 0 Å². The zero-order chi connectivity index (χ0) is 22.7. The first-order valence-electron chi connectivity index (χ1n) is 9.80. The van der Waals surface area contributed by atoms with Gasteiger partial charge in [-0.1, -0.05) is 35.3 Å². The summed E-state index contributed by atoms with van der Waals surface area (Å²) in [5.74, 6) is 1.15. The van der Waals surface area contributed by atoms with Crippen LogP contribution in [0.3, 0.4) is 0 Å². The molecule has 32 heavy (non-hydrogen) atoms. The quantitative estimate of drug-likeness (QED) is 0.375. The fraction of sp³-hybridized carbons (Fsp3) is 0.174. The van der Waals surface area contributed by atoms with Crippen LogP contribution in [-0.2, 0) is 13.2 Å². The highest BCUT2D eigenvalue weighted by Crippen LogP contribution is 2.23. The Labute approximate surface area is 194 Å². The van der Waals surface area contributed by atoms with Gasteiger partial charge in [0.05, 0.1) is 16.6 Å². The summed E-state index contributed by atoms with van der Waals surface area (Å²) in [7, 11) is 0. The van der Waals surface area contributed by atoms with Crippen molar-refractivity contribution in [2.45, 2.75) is 27.0 Å². The molecule has 1 amide bonds. The molecular weight excluding hydrogens is 451 g/mol. The van der Waals surface area contributed by atoms with Gasteiger partial charge in [0.1, 0.15) is 24.4 Å². The largest absolute Gasteiger partial charge is 0.486 e. The van der Waals surface area contributed by atoms with E-state index in [1.807, 2.05) is 32.0 Å². The maximum absolute atomic E-state index is 12.5. The molecule has 2 heterocycles. The van der Waals surface area contributed by atoms with Crippen LogP contribution in [-0.4, -0.2) is 20.7 Å². The molecule has 2 aromatic heterocycles. The van der Waals surface area contributed by atoms with E-state index in [-0.39, 0.29) is 18.3 Å². The molecule has 7 nitrogen and oxygen atoms in total. The van der Waals surface area contributed by atoms with Crippen LogP contribution in [0.15, 0.2) is 59.3 Å². The van der Waals surface area contributed by atoms with Crippen LogP contribution in [0.1, 0.15) is 33.0 Å². The summed E-state index contributed by atoms with van der Waals surface area (Å²) >= 11 is 12.0. The number of nitrogens with zero attached hydrogens (tertiary/aromatic N) is 3. The summed E-state index contributed by atoms with van der Waals surface area (Å²) in [5, 5.41) is 7.83. The maximum Gasteiger partial charge on any atom is 0.293 e. The number of hydrogen-bond acceptors (Lipinski definition) is 5. The van der Waals surface area contributed by atoms with E-state index in [0.717, 1.165) is 22.4 Å². The monoisotopic (exact) mass is 470 g/mol. The lowest BCUT2D eigenvalue weighted by Gasteiger charge is -2.06. The van der Waals surface area contributed by atoms with Gasteiger partial charge in [0.2, 0.25) is 5.95 Å². The molecule has 4 aromatic rings. The fourth-order valence-corrected chi connectivity index (χ4v) is 3.49. The van der Waals surface area contributed by atoms with Gasteiger partial charge in [0, 0.05) is 0 Å². The van der Waals surface area contributed by atoms with Crippen molar-refractivity contribution in [3.8, 4) is 5.75 Å². The van der Waals surface area contributed by atoms with E-state index in [1.54, 1.807) is 28.9 Å². The van der Waals surface area contributed by atoms with Gasteiger partial charge in [-0.3, -0.25) is 10.1 Å². The lowest BCUT2D eigenvalue weighted by Crippen LogP contribution is -2.12. The lowest BCUT2D eigenvalue weighted by molar-refractivity contribution is 0.0991. The van der Waals surface area contributed by atoms with Gasteiger partial charge in [-0.25, -0.2) is 9.67 Å².